The van der Waals surface area contributed by atoms with Gasteiger partial charge in [0.1, 0.15) is 0 Å². The van der Waals surface area contributed by atoms with E-state index in [4.69, 9.17) is 27.6 Å². The van der Waals surface area contributed by atoms with Crippen molar-refractivity contribution in [1.82, 2.24) is 15.5 Å². The summed E-state index contributed by atoms with van der Waals surface area (Å²) < 4.78 is 5.50. The van der Waals surface area contributed by atoms with E-state index in [1.165, 1.54) is 11.8 Å². The fourth-order valence-electron chi connectivity index (χ4n) is 2.11. The first kappa shape index (κ1) is 16.6. The number of hydrogen-bond donors (Lipinski definition) is 1. The van der Waals surface area contributed by atoms with Crippen LogP contribution < -0.4 is 5.32 Å². The van der Waals surface area contributed by atoms with Gasteiger partial charge in [-0.25, -0.2) is 0 Å². The van der Waals surface area contributed by atoms with Crippen molar-refractivity contribution in [1.29, 1.82) is 0 Å². The molecule has 1 aliphatic rings. The number of aromatic nitrogens is 2. The summed E-state index contributed by atoms with van der Waals surface area (Å²) in [6.45, 7) is 1.87. The Morgan fingerprint density at radius 1 is 1.43 bits per heavy atom. The average Bonchev–Trinajstić information content (AvgIpc) is 3.24. The van der Waals surface area contributed by atoms with E-state index in [9.17, 15) is 4.79 Å². The van der Waals surface area contributed by atoms with Gasteiger partial charge in [0.2, 0.25) is 11.8 Å². The minimum Gasteiger partial charge on any atom is -0.416 e. The fraction of sp³-hybridized carbons (Fsp3) is 0.400. The molecule has 0 bridgehead atoms. The molecule has 23 heavy (non-hydrogen) atoms. The molecule has 1 aromatic carbocycles. The quantitative estimate of drug-likeness (QED) is 0.769. The third-order valence-electron chi connectivity index (χ3n) is 3.48. The van der Waals surface area contributed by atoms with Gasteiger partial charge in [0.15, 0.2) is 0 Å². The number of carbonyl (C=O) groups excluding carboxylic acids is 1. The van der Waals surface area contributed by atoms with Crippen molar-refractivity contribution >= 4 is 40.9 Å². The first-order valence-corrected chi connectivity index (χ1v) is 8.97. The molecule has 1 aromatic heterocycles. The molecule has 0 spiro atoms. The molecule has 0 saturated heterocycles. The molecule has 1 amide bonds. The maximum absolute atomic E-state index is 12.0. The third kappa shape index (κ3) is 4.40. The Hall–Kier alpha value is -1.24. The Labute approximate surface area is 148 Å². The summed E-state index contributed by atoms with van der Waals surface area (Å²) in [4.78, 5) is 12.0. The van der Waals surface area contributed by atoms with Crippen LogP contribution >= 0.6 is 35.0 Å². The van der Waals surface area contributed by atoms with Gasteiger partial charge in [-0.15, -0.1) is 10.2 Å². The van der Waals surface area contributed by atoms with E-state index in [0.29, 0.717) is 27.1 Å². The van der Waals surface area contributed by atoms with Crippen molar-refractivity contribution in [2.75, 3.05) is 5.75 Å². The van der Waals surface area contributed by atoms with Gasteiger partial charge in [0.05, 0.1) is 11.8 Å². The van der Waals surface area contributed by atoms with Gasteiger partial charge in [0.25, 0.3) is 5.22 Å². The SMILES string of the molecule is C[C@H](NC(=O)CSc1nnc(C2CC2)o1)c1ccc(Cl)cc1Cl. The van der Waals surface area contributed by atoms with Crippen LogP contribution in [0.15, 0.2) is 27.8 Å². The van der Waals surface area contributed by atoms with E-state index in [-0.39, 0.29) is 17.7 Å². The highest BCUT2D eigenvalue weighted by molar-refractivity contribution is 7.99. The summed E-state index contributed by atoms with van der Waals surface area (Å²) in [5, 5.41) is 12.3. The second-order valence-corrected chi connectivity index (χ2v) is 7.19. The highest BCUT2D eigenvalue weighted by Crippen LogP contribution is 2.39. The lowest BCUT2D eigenvalue weighted by Crippen LogP contribution is -2.28. The van der Waals surface area contributed by atoms with E-state index in [1.807, 2.05) is 13.0 Å². The van der Waals surface area contributed by atoms with Crippen molar-refractivity contribution in [3.05, 3.63) is 39.7 Å². The minimum atomic E-state index is -0.211. The second-order valence-electron chi connectivity index (χ2n) is 5.42. The zero-order valence-electron chi connectivity index (χ0n) is 12.4. The first-order chi connectivity index (χ1) is 11.0. The van der Waals surface area contributed by atoms with Crippen LogP contribution in [0.4, 0.5) is 0 Å². The summed E-state index contributed by atoms with van der Waals surface area (Å²) >= 11 is 13.3. The number of hydrogen-bond acceptors (Lipinski definition) is 5. The van der Waals surface area contributed by atoms with Crippen LogP contribution in [0.3, 0.4) is 0 Å². The number of thioether (sulfide) groups is 1. The molecular formula is C15H15Cl2N3O2S. The lowest BCUT2D eigenvalue weighted by molar-refractivity contribution is -0.119. The van der Waals surface area contributed by atoms with Crippen LogP contribution in [0, 0.1) is 0 Å². The predicted molar refractivity (Wildman–Crippen MR) is 90.0 cm³/mol. The second kappa shape index (κ2) is 7.11. The summed E-state index contributed by atoms with van der Waals surface area (Å²) in [6.07, 6.45) is 2.21. The average molecular weight is 372 g/mol. The van der Waals surface area contributed by atoms with Crippen LogP contribution in [-0.4, -0.2) is 21.9 Å². The number of nitrogens with zero attached hydrogens (tertiary/aromatic N) is 2. The molecule has 0 unspecified atom stereocenters. The molecule has 0 aliphatic heterocycles. The van der Waals surface area contributed by atoms with Gasteiger partial charge in [-0.1, -0.05) is 41.0 Å². The van der Waals surface area contributed by atoms with Crippen molar-refractivity contribution in [2.45, 2.75) is 36.9 Å². The largest absolute Gasteiger partial charge is 0.416 e. The van der Waals surface area contributed by atoms with Crippen LogP contribution in [0.2, 0.25) is 10.0 Å². The maximum atomic E-state index is 12.0. The number of nitrogens with one attached hydrogen (secondary N) is 1. The molecule has 1 saturated carbocycles. The predicted octanol–water partition coefficient (Wildman–Crippen LogP) is 4.22. The zero-order valence-corrected chi connectivity index (χ0v) is 14.7. The van der Waals surface area contributed by atoms with Crippen LogP contribution in [-0.2, 0) is 4.79 Å². The monoisotopic (exact) mass is 371 g/mol. The van der Waals surface area contributed by atoms with Crippen molar-refractivity contribution in [3.63, 3.8) is 0 Å². The number of benzene rings is 1. The van der Waals surface area contributed by atoms with Crippen molar-refractivity contribution < 1.29 is 9.21 Å². The molecule has 1 aliphatic carbocycles. The van der Waals surface area contributed by atoms with Crippen molar-refractivity contribution in [3.8, 4) is 0 Å². The summed E-state index contributed by atoms with van der Waals surface area (Å²) in [6, 6.07) is 5.01. The van der Waals surface area contributed by atoms with Gasteiger partial charge in [-0.05, 0) is 37.5 Å². The standard InChI is InChI=1S/C15H15Cl2N3O2S/c1-8(11-5-4-10(16)6-12(11)17)18-13(21)7-23-15-20-19-14(22-15)9-2-3-9/h4-6,8-9H,2-3,7H2,1H3,(H,18,21)/t8-/m0/s1. The molecule has 1 fully saturated rings. The topological polar surface area (TPSA) is 68.0 Å². The van der Waals surface area contributed by atoms with E-state index >= 15 is 0 Å². The summed E-state index contributed by atoms with van der Waals surface area (Å²) in [5.74, 6) is 1.17. The number of carbonyl (C=O) groups is 1. The van der Waals surface area contributed by atoms with Gasteiger partial charge < -0.3 is 9.73 Å². The maximum Gasteiger partial charge on any atom is 0.277 e. The van der Waals surface area contributed by atoms with E-state index < -0.39 is 0 Å². The van der Waals surface area contributed by atoms with E-state index in [2.05, 4.69) is 15.5 Å². The molecule has 1 heterocycles. The Balaban J connectivity index is 1.51. The first-order valence-electron chi connectivity index (χ1n) is 7.23. The van der Waals surface area contributed by atoms with Crippen molar-refractivity contribution in [2.24, 2.45) is 0 Å². The van der Waals surface area contributed by atoms with E-state index in [1.54, 1.807) is 12.1 Å². The normalized spacial score (nSPS) is 15.4. The smallest absolute Gasteiger partial charge is 0.277 e. The number of halogens is 2. The van der Waals surface area contributed by atoms with Gasteiger partial charge in [-0.3, -0.25) is 4.79 Å². The van der Waals surface area contributed by atoms with Crippen LogP contribution in [0.1, 0.15) is 43.2 Å². The molecule has 0 radical (unpaired) electrons. The Kier molecular flexibility index (Phi) is 5.14. The minimum absolute atomic E-state index is 0.125. The summed E-state index contributed by atoms with van der Waals surface area (Å²) in [5.41, 5.74) is 0.822. The Bertz CT molecular complexity index is 718. The molecule has 8 heteroatoms. The van der Waals surface area contributed by atoms with Gasteiger partial charge in [-0.2, -0.15) is 0 Å². The number of rotatable bonds is 6. The number of amides is 1. The zero-order chi connectivity index (χ0) is 16.4. The lowest BCUT2D eigenvalue weighted by Gasteiger charge is -2.15. The third-order valence-corrected chi connectivity index (χ3v) is 4.86. The lowest BCUT2D eigenvalue weighted by atomic mass is 10.1. The highest BCUT2D eigenvalue weighted by atomic mass is 35.5. The molecule has 1 atom stereocenters. The Morgan fingerprint density at radius 3 is 2.91 bits per heavy atom. The highest BCUT2D eigenvalue weighted by Gasteiger charge is 2.29. The molecular weight excluding hydrogens is 357 g/mol. The fourth-order valence-corrected chi connectivity index (χ4v) is 3.27. The Morgan fingerprint density at radius 2 is 2.22 bits per heavy atom. The molecule has 122 valence electrons. The molecule has 3 rings (SSSR count). The summed E-state index contributed by atoms with van der Waals surface area (Å²) in [7, 11) is 0. The molecule has 1 N–H and O–H groups in total. The molecule has 2 aromatic rings. The van der Waals surface area contributed by atoms with Gasteiger partial charge in [0, 0.05) is 16.0 Å². The molecule has 5 nitrogen and oxygen atoms in total. The van der Waals surface area contributed by atoms with Gasteiger partial charge >= 0.3 is 0 Å². The van der Waals surface area contributed by atoms with E-state index in [0.717, 1.165) is 18.4 Å². The van der Waals surface area contributed by atoms with Crippen LogP contribution in [0.5, 0.6) is 0 Å². The van der Waals surface area contributed by atoms with Crippen LogP contribution in [0.25, 0.3) is 0 Å².